The molecule has 2 aliphatic rings. The molecule has 6 rings (SSSR count). The predicted octanol–water partition coefficient (Wildman–Crippen LogP) is 6.43. The van der Waals surface area contributed by atoms with Crippen molar-refractivity contribution in [2.24, 2.45) is 11.8 Å². The number of hydrogen-bond acceptors (Lipinski definition) is 6. The molecule has 0 amide bonds. The summed E-state index contributed by atoms with van der Waals surface area (Å²) in [7, 11) is 0. The van der Waals surface area contributed by atoms with E-state index in [2.05, 4.69) is 10.3 Å². The summed E-state index contributed by atoms with van der Waals surface area (Å²) in [6, 6.07) is 9.95. The van der Waals surface area contributed by atoms with Crippen LogP contribution in [-0.4, -0.2) is 19.4 Å². The summed E-state index contributed by atoms with van der Waals surface area (Å²) in [6.45, 7) is 1.19. The van der Waals surface area contributed by atoms with Gasteiger partial charge in [0.1, 0.15) is 17.5 Å². The first kappa shape index (κ1) is 30.6. The second-order valence-corrected chi connectivity index (χ2v) is 11.6. The molecular formula is C32H37F3N4O4. The summed E-state index contributed by atoms with van der Waals surface area (Å²) >= 11 is 0. The highest BCUT2D eigenvalue weighted by molar-refractivity contribution is 5.22. The zero-order valence-electron chi connectivity index (χ0n) is 24.2. The second-order valence-electron chi connectivity index (χ2n) is 11.6. The molecule has 0 aliphatic heterocycles. The zero-order chi connectivity index (χ0) is 30.2. The summed E-state index contributed by atoms with van der Waals surface area (Å²) in [5.74, 6) is -0.664. The number of nitrogens with zero attached hydrogens (tertiary/aromatic N) is 4. The fourth-order valence-electron chi connectivity index (χ4n) is 6.11. The lowest BCUT2D eigenvalue weighted by Gasteiger charge is -2.21. The summed E-state index contributed by atoms with van der Waals surface area (Å²) in [5.41, 5.74) is 0.829. The third-order valence-electron chi connectivity index (χ3n) is 8.52. The molecule has 2 aromatic carbocycles. The first-order chi connectivity index (χ1) is 20.9. The van der Waals surface area contributed by atoms with Crippen LogP contribution in [0.3, 0.4) is 0 Å². The Hall–Kier alpha value is -3.89. The van der Waals surface area contributed by atoms with E-state index in [9.17, 15) is 22.8 Å². The normalized spacial score (nSPS) is 16.2. The van der Waals surface area contributed by atoms with Gasteiger partial charge >= 0.3 is 11.5 Å². The third-order valence-corrected chi connectivity index (χ3v) is 8.52. The van der Waals surface area contributed by atoms with Gasteiger partial charge in [0.05, 0.1) is 0 Å². The van der Waals surface area contributed by atoms with Crippen molar-refractivity contribution in [2.45, 2.75) is 90.1 Å². The fraction of sp³-hybridized carbons (Fsp3) is 0.500. The molecule has 0 N–H and O–H groups in total. The van der Waals surface area contributed by atoms with Crippen LogP contribution in [0.5, 0.6) is 0 Å². The van der Waals surface area contributed by atoms with E-state index in [1.807, 2.05) is 0 Å². The average Bonchev–Trinajstić information content (AvgIpc) is 3.53. The number of aromatic nitrogens is 4. The molecule has 8 nitrogen and oxygen atoms in total. The molecule has 0 atom stereocenters. The van der Waals surface area contributed by atoms with Crippen LogP contribution in [0, 0.1) is 29.3 Å². The van der Waals surface area contributed by atoms with Crippen molar-refractivity contribution in [3.63, 3.8) is 0 Å². The molecule has 2 heterocycles. The Kier molecular flexibility index (Phi) is 10.3. The fourth-order valence-corrected chi connectivity index (χ4v) is 6.11. The van der Waals surface area contributed by atoms with Crippen molar-refractivity contribution in [3.05, 3.63) is 104 Å². The van der Waals surface area contributed by atoms with Gasteiger partial charge in [0.15, 0.2) is 11.6 Å². The van der Waals surface area contributed by atoms with Crippen molar-refractivity contribution in [1.82, 2.24) is 19.4 Å². The molecule has 0 bridgehead atoms. The molecule has 0 spiro atoms. The highest BCUT2D eigenvalue weighted by Gasteiger charge is 2.21. The maximum Gasteiger partial charge on any atom is 0.441 e. The summed E-state index contributed by atoms with van der Waals surface area (Å²) < 4.78 is 53.0. The maximum atomic E-state index is 13.7. The lowest BCUT2D eigenvalue weighted by atomic mass is 9.89. The average molecular weight is 599 g/mol. The predicted molar refractivity (Wildman–Crippen MR) is 153 cm³/mol. The zero-order valence-corrected chi connectivity index (χ0v) is 24.2. The van der Waals surface area contributed by atoms with Gasteiger partial charge in [-0.3, -0.25) is 18.2 Å². The van der Waals surface area contributed by atoms with Crippen LogP contribution in [0.2, 0.25) is 0 Å². The van der Waals surface area contributed by atoms with Crippen LogP contribution in [-0.2, 0) is 25.9 Å². The lowest BCUT2D eigenvalue weighted by Crippen LogP contribution is -2.24. The highest BCUT2D eigenvalue weighted by Crippen LogP contribution is 2.26. The van der Waals surface area contributed by atoms with Crippen LogP contribution in [0.4, 0.5) is 13.2 Å². The molecule has 11 heteroatoms. The topological polar surface area (TPSA) is 96.1 Å². The minimum Gasteiger partial charge on any atom is -0.296 e. The smallest absolute Gasteiger partial charge is 0.296 e. The molecule has 2 fully saturated rings. The number of benzene rings is 2. The first-order valence-corrected chi connectivity index (χ1v) is 15.2. The molecule has 4 aromatic rings. The molecular weight excluding hydrogens is 561 g/mol. The van der Waals surface area contributed by atoms with E-state index in [-0.39, 0.29) is 18.7 Å². The van der Waals surface area contributed by atoms with Gasteiger partial charge in [0.25, 0.3) is 0 Å². The molecule has 230 valence electrons. The Morgan fingerprint density at radius 3 is 1.63 bits per heavy atom. The van der Waals surface area contributed by atoms with Gasteiger partial charge in [-0.15, -0.1) is 0 Å². The van der Waals surface area contributed by atoms with E-state index < -0.39 is 23.1 Å². The Morgan fingerprint density at radius 1 is 0.651 bits per heavy atom. The van der Waals surface area contributed by atoms with Gasteiger partial charge in [-0.25, -0.2) is 22.8 Å². The Morgan fingerprint density at radius 2 is 1.14 bits per heavy atom. The molecule has 0 radical (unpaired) electrons. The van der Waals surface area contributed by atoms with E-state index in [4.69, 9.17) is 9.05 Å². The van der Waals surface area contributed by atoms with Gasteiger partial charge in [0.2, 0.25) is 0 Å². The van der Waals surface area contributed by atoms with E-state index in [0.29, 0.717) is 47.7 Å². The molecule has 0 saturated heterocycles. The van der Waals surface area contributed by atoms with Crippen LogP contribution >= 0.6 is 0 Å². The van der Waals surface area contributed by atoms with Gasteiger partial charge in [-0.1, -0.05) is 73.1 Å². The third kappa shape index (κ3) is 8.14. The van der Waals surface area contributed by atoms with Crippen molar-refractivity contribution >= 4 is 0 Å². The number of rotatable bonds is 8. The molecule has 2 aromatic heterocycles. The molecule has 43 heavy (non-hydrogen) atoms. The molecule has 2 aliphatic carbocycles. The monoisotopic (exact) mass is 598 g/mol. The van der Waals surface area contributed by atoms with Crippen LogP contribution in [0.1, 0.15) is 87.0 Å². The summed E-state index contributed by atoms with van der Waals surface area (Å²) in [5, 5.41) is 7.58. The van der Waals surface area contributed by atoms with E-state index >= 15 is 0 Å². The number of hydrogen-bond donors (Lipinski definition) is 0. The molecule has 2 saturated carbocycles. The van der Waals surface area contributed by atoms with Crippen molar-refractivity contribution in [2.75, 3.05) is 0 Å². The lowest BCUT2D eigenvalue weighted by molar-refractivity contribution is 0.303. The van der Waals surface area contributed by atoms with E-state index in [1.54, 1.807) is 22.8 Å². The molecule has 0 unspecified atom stereocenters. The maximum absolute atomic E-state index is 13.7. The Bertz CT molecular complexity index is 1600. The number of halogens is 3. The summed E-state index contributed by atoms with van der Waals surface area (Å²) in [4.78, 5) is 23.7. The minimum absolute atomic E-state index is 0.116. The summed E-state index contributed by atoms with van der Waals surface area (Å²) in [6.07, 6.45) is 12.1. The van der Waals surface area contributed by atoms with Gasteiger partial charge in [-0.05, 0) is 60.8 Å². The van der Waals surface area contributed by atoms with Crippen molar-refractivity contribution in [3.8, 4) is 0 Å². The largest absolute Gasteiger partial charge is 0.441 e. The Labute approximate surface area is 247 Å². The van der Waals surface area contributed by atoms with Crippen molar-refractivity contribution < 1.29 is 22.2 Å². The SMILES string of the molecule is O=c1onc(Cc2ccc(F)cc2F)n1CC1CCCCC1.O=c1onc(Cc2ccccc2F)n1CC1CCCCC1. The van der Waals surface area contributed by atoms with Crippen LogP contribution < -0.4 is 11.5 Å². The minimum atomic E-state index is -0.639. The van der Waals surface area contributed by atoms with Crippen molar-refractivity contribution in [1.29, 1.82) is 0 Å². The van der Waals surface area contributed by atoms with E-state index in [1.165, 1.54) is 61.3 Å². The first-order valence-electron chi connectivity index (χ1n) is 15.2. The van der Waals surface area contributed by atoms with Crippen LogP contribution in [0.25, 0.3) is 0 Å². The van der Waals surface area contributed by atoms with Gasteiger partial charge in [0, 0.05) is 32.0 Å². The van der Waals surface area contributed by atoms with Crippen LogP contribution in [0.15, 0.2) is 61.1 Å². The van der Waals surface area contributed by atoms with E-state index in [0.717, 1.165) is 31.7 Å². The van der Waals surface area contributed by atoms with Gasteiger partial charge in [-0.2, -0.15) is 0 Å². The van der Waals surface area contributed by atoms with Gasteiger partial charge < -0.3 is 0 Å². The Balaban J connectivity index is 0.000000171. The second kappa shape index (κ2) is 14.5. The standard InChI is InChI=1S/C16H18F2N2O2.C16H19FN2O2/c17-13-7-6-12(14(18)9-13)8-15-19-22-16(21)20(15)10-11-4-2-1-3-5-11;17-14-9-5-4-8-13(14)10-15-18-21-16(20)19(15)11-12-6-2-1-3-7-12/h6-7,9,11H,1-5,8,10H2;4-5,8-9,12H,1-3,6-7,10-11H2. The quantitative estimate of drug-likeness (QED) is 0.232. The highest BCUT2D eigenvalue weighted by atomic mass is 19.1.